The molecule has 9 heteroatoms. The maximum absolute atomic E-state index is 12.3. The van der Waals surface area contributed by atoms with Gasteiger partial charge in [0.15, 0.2) is 6.10 Å². The van der Waals surface area contributed by atoms with E-state index in [9.17, 15) is 19.6 Å². The highest BCUT2D eigenvalue weighted by Gasteiger charge is 2.29. The summed E-state index contributed by atoms with van der Waals surface area (Å²) in [6.45, 7) is -0.929. The predicted octanol–water partition coefficient (Wildman–Crippen LogP) is 2.91. The van der Waals surface area contributed by atoms with E-state index in [1.54, 1.807) is 54.6 Å². The second kappa shape index (κ2) is 9.70. The number of carboxylic acids is 1. The molecule has 0 fully saturated rings. The van der Waals surface area contributed by atoms with E-state index in [1.165, 1.54) is 0 Å². The Morgan fingerprint density at radius 3 is 2.30 bits per heavy atom. The summed E-state index contributed by atoms with van der Waals surface area (Å²) in [5.74, 6) is -2.43. The Morgan fingerprint density at radius 2 is 1.70 bits per heavy atom. The Bertz CT molecular complexity index is 797. The number of nitrogens with one attached hydrogen (secondary N) is 1. The van der Waals surface area contributed by atoms with Crippen LogP contribution in [0.2, 0.25) is 0 Å². The van der Waals surface area contributed by atoms with Gasteiger partial charge in [-0.25, -0.2) is 9.86 Å². The second-order valence-electron chi connectivity index (χ2n) is 5.51. The van der Waals surface area contributed by atoms with Crippen LogP contribution in [0.25, 0.3) is 0 Å². The van der Waals surface area contributed by atoms with Crippen molar-refractivity contribution >= 4 is 39.6 Å². The zero-order valence-corrected chi connectivity index (χ0v) is 15.6. The van der Waals surface area contributed by atoms with Gasteiger partial charge in [-0.1, -0.05) is 46.3 Å². The zero-order chi connectivity index (χ0) is 19.8. The van der Waals surface area contributed by atoms with Gasteiger partial charge >= 0.3 is 12.1 Å². The summed E-state index contributed by atoms with van der Waals surface area (Å²) < 4.78 is 5.97. The number of nitrogens with zero attached hydrogens (tertiary/aromatic N) is 1. The average Bonchev–Trinajstić information content (AvgIpc) is 2.62. The zero-order valence-electron chi connectivity index (χ0n) is 14.0. The molecule has 0 saturated carbocycles. The fraction of sp³-hybridized carbons (Fsp3) is 0.167. The number of hydrogen-bond acceptors (Lipinski definition) is 5. The summed E-state index contributed by atoms with van der Waals surface area (Å²) in [5.41, 5.74) is 1.12. The molecule has 0 radical (unpaired) electrons. The topological polar surface area (TPSA) is 116 Å². The van der Waals surface area contributed by atoms with Crippen molar-refractivity contribution < 1.29 is 29.4 Å². The number of aliphatic carboxylic acids is 1. The van der Waals surface area contributed by atoms with E-state index >= 15 is 0 Å². The van der Waals surface area contributed by atoms with Gasteiger partial charge in [0.05, 0.1) is 0 Å². The van der Waals surface area contributed by atoms with Gasteiger partial charge in [0, 0.05) is 16.6 Å². The molecule has 0 bridgehead atoms. The summed E-state index contributed by atoms with van der Waals surface area (Å²) in [6.07, 6.45) is -2.33. The summed E-state index contributed by atoms with van der Waals surface area (Å²) in [5, 5.41) is 20.9. The normalized spacial score (nSPS) is 11.3. The number of amides is 2. The smallest absolute Gasteiger partial charge is 0.412 e. The Balaban J connectivity index is 2.10. The Morgan fingerprint density at radius 1 is 1.07 bits per heavy atom. The van der Waals surface area contributed by atoms with Crippen LogP contribution < -0.4 is 5.32 Å². The summed E-state index contributed by atoms with van der Waals surface area (Å²) >= 11 is 3.27. The lowest BCUT2D eigenvalue weighted by molar-refractivity contribution is -0.180. The molecule has 0 aliphatic carbocycles. The van der Waals surface area contributed by atoms with E-state index in [-0.39, 0.29) is 11.5 Å². The molecule has 0 spiro atoms. The average molecular weight is 437 g/mol. The highest BCUT2D eigenvalue weighted by Crippen LogP contribution is 2.15. The molecule has 2 rings (SSSR count). The minimum atomic E-state index is -1.40. The van der Waals surface area contributed by atoms with Crippen molar-refractivity contribution in [2.24, 2.45) is 0 Å². The molecular weight excluding hydrogens is 420 g/mol. The summed E-state index contributed by atoms with van der Waals surface area (Å²) in [4.78, 5) is 35.2. The lowest BCUT2D eigenvalue weighted by Gasteiger charge is -2.21. The molecule has 142 valence electrons. The van der Waals surface area contributed by atoms with Crippen LogP contribution in [0.3, 0.4) is 0 Å². The predicted molar refractivity (Wildman–Crippen MR) is 99.3 cm³/mol. The number of ether oxygens (including phenoxy) is 1. The third kappa shape index (κ3) is 6.72. The van der Waals surface area contributed by atoms with Crippen molar-refractivity contribution in [2.45, 2.75) is 12.5 Å². The molecule has 0 unspecified atom stereocenters. The number of hydrogen-bond donors (Lipinski definition) is 3. The number of rotatable bonds is 7. The maximum Gasteiger partial charge on any atom is 0.412 e. The van der Waals surface area contributed by atoms with Crippen LogP contribution in [0, 0.1) is 0 Å². The van der Waals surface area contributed by atoms with Crippen molar-refractivity contribution in [3.63, 3.8) is 0 Å². The first-order valence-corrected chi connectivity index (χ1v) is 8.63. The van der Waals surface area contributed by atoms with Crippen LogP contribution >= 0.6 is 15.9 Å². The molecular formula is C18H17BrN2O6. The third-order valence-corrected chi connectivity index (χ3v) is 3.95. The maximum atomic E-state index is 12.3. The molecule has 0 saturated heterocycles. The first-order chi connectivity index (χ1) is 12.8. The van der Waals surface area contributed by atoms with Gasteiger partial charge in [-0.05, 0) is 29.8 Å². The highest BCUT2D eigenvalue weighted by molar-refractivity contribution is 9.10. The first-order valence-electron chi connectivity index (χ1n) is 7.84. The lowest BCUT2D eigenvalue weighted by atomic mass is 10.1. The fourth-order valence-corrected chi connectivity index (χ4v) is 2.45. The van der Waals surface area contributed by atoms with Gasteiger partial charge in [-0.2, -0.15) is 0 Å². The van der Waals surface area contributed by atoms with E-state index in [1.807, 2.05) is 0 Å². The van der Waals surface area contributed by atoms with Crippen molar-refractivity contribution in [3.8, 4) is 0 Å². The Labute approximate surface area is 163 Å². The minimum absolute atomic E-state index is 0.0167. The van der Waals surface area contributed by atoms with E-state index in [0.717, 1.165) is 4.47 Å². The Kier molecular flexibility index (Phi) is 7.33. The second-order valence-corrected chi connectivity index (χ2v) is 6.42. The van der Waals surface area contributed by atoms with Crippen LogP contribution in [0.4, 0.5) is 10.5 Å². The van der Waals surface area contributed by atoms with E-state index in [2.05, 4.69) is 21.2 Å². The van der Waals surface area contributed by atoms with Gasteiger partial charge in [0.2, 0.25) is 0 Å². The third-order valence-electron chi connectivity index (χ3n) is 3.42. The van der Waals surface area contributed by atoms with Crippen LogP contribution in [-0.2, 0) is 20.7 Å². The summed E-state index contributed by atoms with van der Waals surface area (Å²) in [6, 6.07) is 15.4. The fourth-order valence-electron chi connectivity index (χ4n) is 2.19. The molecule has 0 aromatic heterocycles. The van der Waals surface area contributed by atoms with Crippen molar-refractivity contribution in [2.75, 3.05) is 11.9 Å². The van der Waals surface area contributed by atoms with Gasteiger partial charge in [0.1, 0.15) is 6.54 Å². The molecule has 3 N–H and O–H groups in total. The number of anilines is 1. The molecule has 0 heterocycles. The molecule has 2 aromatic rings. The van der Waals surface area contributed by atoms with Gasteiger partial charge < -0.3 is 9.84 Å². The summed E-state index contributed by atoms with van der Waals surface area (Å²) in [7, 11) is 0. The van der Waals surface area contributed by atoms with E-state index in [0.29, 0.717) is 11.3 Å². The first kappa shape index (κ1) is 20.4. The number of carbonyl (C=O) groups is 3. The van der Waals surface area contributed by atoms with Crippen LogP contribution in [0.15, 0.2) is 59.1 Å². The SMILES string of the molecule is O=C(O)CN(O)C(=O)[C@H](Cc1ccccc1)OC(=O)Nc1ccc(Br)cc1. The van der Waals surface area contributed by atoms with Gasteiger partial charge in [0.25, 0.3) is 5.91 Å². The standard InChI is InChI=1S/C18H17BrN2O6/c19-13-6-8-14(9-7-13)20-18(25)27-15(10-12-4-2-1-3-5-12)17(24)21(26)11-16(22)23/h1-9,15,26H,10-11H2,(H,20,25)(H,22,23)/t15-/m0/s1. The molecule has 0 aliphatic heterocycles. The number of hydroxylamine groups is 2. The molecule has 27 heavy (non-hydrogen) atoms. The van der Waals surface area contributed by atoms with Crippen LogP contribution in [-0.4, -0.2) is 46.0 Å². The molecule has 2 aromatic carbocycles. The number of halogens is 1. The van der Waals surface area contributed by atoms with Crippen molar-refractivity contribution in [1.29, 1.82) is 0 Å². The molecule has 8 nitrogen and oxygen atoms in total. The van der Waals surface area contributed by atoms with Crippen molar-refractivity contribution in [1.82, 2.24) is 5.06 Å². The molecule has 2 amide bonds. The highest BCUT2D eigenvalue weighted by atomic mass is 79.9. The van der Waals surface area contributed by atoms with Crippen LogP contribution in [0.1, 0.15) is 5.56 Å². The molecule has 1 atom stereocenters. The van der Waals surface area contributed by atoms with Crippen molar-refractivity contribution in [3.05, 3.63) is 64.6 Å². The lowest BCUT2D eigenvalue weighted by Crippen LogP contribution is -2.43. The number of benzene rings is 2. The van der Waals surface area contributed by atoms with E-state index in [4.69, 9.17) is 9.84 Å². The quantitative estimate of drug-likeness (QED) is 0.453. The van der Waals surface area contributed by atoms with E-state index < -0.39 is 30.6 Å². The Hall–Kier alpha value is -2.91. The minimum Gasteiger partial charge on any atom is -0.480 e. The number of carboxylic acid groups (broad SMARTS) is 1. The largest absolute Gasteiger partial charge is 0.480 e. The number of carbonyl (C=O) groups excluding carboxylic acids is 2. The monoisotopic (exact) mass is 436 g/mol. The van der Waals surface area contributed by atoms with Crippen LogP contribution in [0.5, 0.6) is 0 Å². The van der Waals surface area contributed by atoms with Gasteiger partial charge in [-0.3, -0.25) is 20.1 Å². The van der Waals surface area contributed by atoms with Gasteiger partial charge in [-0.15, -0.1) is 0 Å². The molecule has 0 aliphatic rings.